The van der Waals surface area contributed by atoms with Gasteiger partial charge >= 0.3 is 0 Å². The van der Waals surface area contributed by atoms with Crippen LogP contribution in [0, 0.1) is 0 Å². The topological polar surface area (TPSA) is 54.4 Å². The first-order valence-corrected chi connectivity index (χ1v) is 3.90. The van der Waals surface area contributed by atoms with Crippen LogP contribution in [-0.2, 0) is 11.2 Å². The number of phenolic OH excluding ortho intramolecular Hbond substituents is 1. The molecule has 1 rings (SSSR count). The number of phenols is 1. The zero-order chi connectivity index (χ0) is 9.84. The van der Waals surface area contributed by atoms with Crippen molar-refractivity contribution in [3.8, 4) is 5.75 Å². The monoisotopic (exact) mass is 178 g/mol. The summed E-state index contributed by atoms with van der Waals surface area (Å²) in [5.41, 5.74) is 1.02. The van der Waals surface area contributed by atoms with Crippen molar-refractivity contribution in [1.29, 1.82) is 0 Å². The number of ketones is 1. The Morgan fingerprint density at radius 1 is 1.54 bits per heavy atom. The summed E-state index contributed by atoms with van der Waals surface area (Å²) in [4.78, 5) is 21.3. The van der Waals surface area contributed by atoms with Crippen LogP contribution in [0.25, 0.3) is 0 Å². The Hall–Kier alpha value is -1.64. The van der Waals surface area contributed by atoms with Gasteiger partial charge in [-0.05, 0) is 24.6 Å². The van der Waals surface area contributed by atoms with Gasteiger partial charge < -0.3 is 5.11 Å². The molecule has 0 saturated carbocycles. The minimum atomic E-state index is -0.00575. The van der Waals surface area contributed by atoms with Crippen molar-refractivity contribution in [2.45, 2.75) is 13.3 Å². The Morgan fingerprint density at radius 2 is 2.23 bits per heavy atom. The minimum Gasteiger partial charge on any atom is -0.508 e. The Labute approximate surface area is 76.0 Å². The number of Topliss-reactive ketones (excluding diaryl/α,β-unsaturated/α-hetero) is 1. The van der Waals surface area contributed by atoms with Gasteiger partial charge in [-0.2, -0.15) is 0 Å². The highest BCUT2D eigenvalue weighted by Gasteiger charge is 2.04. The smallest absolute Gasteiger partial charge is 0.150 e. The average molecular weight is 178 g/mol. The Morgan fingerprint density at radius 3 is 2.77 bits per heavy atom. The summed E-state index contributed by atoms with van der Waals surface area (Å²) in [6.45, 7) is 1.46. The predicted molar refractivity (Wildman–Crippen MR) is 47.9 cm³/mol. The fraction of sp³-hybridized carbons (Fsp3) is 0.200. The first-order valence-electron chi connectivity index (χ1n) is 3.90. The molecule has 0 radical (unpaired) electrons. The van der Waals surface area contributed by atoms with E-state index in [0.29, 0.717) is 17.4 Å². The molecule has 1 N–H and O–H groups in total. The molecule has 0 bridgehead atoms. The minimum absolute atomic E-state index is 0.00575. The Kier molecular flexibility index (Phi) is 2.80. The maximum Gasteiger partial charge on any atom is 0.150 e. The molecule has 0 atom stereocenters. The van der Waals surface area contributed by atoms with Gasteiger partial charge in [0.25, 0.3) is 0 Å². The van der Waals surface area contributed by atoms with E-state index < -0.39 is 0 Å². The first kappa shape index (κ1) is 9.45. The van der Waals surface area contributed by atoms with Gasteiger partial charge in [-0.25, -0.2) is 0 Å². The Balaban J connectivity index is 3.05. The third kappa shape index (κ3) is 2.40. The number of aldehydes is 1. The SMILES string of the molecule is CC(=O)Cc1ccc(O)cc1C=O. The average Bonchev–Trinajstić information content (AvgIpc) is 2.07. The molecular weight excluding hydrogens is 168 g/mol. The fourth-order valence-electron chi connectivity index (χ4n) is 1.12. The van der Waals surface area contributed by atoms with E-state index >= 15 is 0 Å². The maximum atomic E-state index is 10.8. The number of carbonyl (C=O) groups excluding carboxylic acids is 2. The van der Waals surface area contributed by atoms with E-state index in [0.717, 1.165) is 0 Å². The molecular formula is C10H10O3. The highest BCUT2D eigenvalue weighted by atomic mass is 16.3. The summed E-state index contributed by atoms with van der Waals surface area (Å²) in [7, 11) is 0. The predicted octanol–water partition coefficient (Wildman–Crippen LogP) is 1.34. The molecule has 0 saturated heterocycles. The van der Waals surface area contributed by atoms with Crippen LogP contribution in [0.3, 0.4) is 0 Å². The van der Waals surface area contributed by atoms with Gasteiger partial charge in [-0.3, -0.25) is 9.59 Å². The molecule has 0 aliphatic heterocycles. The van der Waals surface area contributed by atoms with Crippen LogP contribution in [0.4, 0.5) is 0 Å². The lowest BCUT2D eigenvalue weighted by Crippen LogP contribution is -1.99. The summed E-state index contributed by atoms with van der Waals surface area (Å²) in [6.07, 6.45) is 0.867. The second-order valence-corrected chi connectivity index (χ2v) is 2.88. The standard InChI is InChI=1S/C10H10O3/c1-7(12)4-8-2-3-10(13)5-9(8)6-11/h2-3,5-6,13H,4H2,1H3. The summed E-state index contributed by atoms with van der Waals surface area (Å²) >= 11 is 0. The zero-order valence-electron chi connectivity index (χ0n) is 7.28. The normalized spacial score (nSPS) is 9.62. The number of aromatic hydroxyl groups is 1. The van der Waals surface area contributed by atoms with Gasteiger partial charge in [0.05, 0.1) is 0 Å². The van der Waals surface area contributed by atoms with Gasteiger partial charge in [0.15, 0.2) is 0 Å². The van der Waals surface area contributed by atoms with Crippen LogP contribution in [0.15, 0.2) is 18.2 Å². The van der Waals surface area contributed by atoms with Crippen LogP contribution in [0.1, 0.15) is 22.8 Å². The van der Waals surface area contributed by atoms with Crippen LogP contribution in [-0.4, -0.2) is 17.2 Å². The van der Waals surface area contributed by atoms with E-state index in [4.69, 9.17) is 5.11 Å². The maximum absolute atomic E-state index is 10.8. The molecule has 13 heavy (non-hydrogen) atoms. The van der Waals surface area contributed by atoms with Crippen molar-refractivity contribution in [2.75, 3.05) is 0 Å². The number of benzene rings is 1. The van der Waals surface area contributed by atoms with Crippen molar-refractivity contribution in [1.82, 2.24) is 0 Å². The lowest BCUT2D eigenvalue weighted by atomic mass is 10.0. The van der Waals surface area contributed by atoms with Crippen LogP contribution < -0.4 is 0 Å². The molecule has 0 fully saturated rings. The van der Waals surface area contributed by atoms with Gasteiger partial charge in [0.1, 0.15) is 17.8 Å². The van der Waals surface area contributed by atoms with Crippen molar-refractivity contribution >= 4 is 12.1 Å². The summed E-state index contributed by atoms with van der Waals surface area (Å²) in [6, 6.07) is 4.40. The van der Waals surface area contributed by atoms with Crippen molar-refractivity contribution in [3.63, 3.8) is 0 Å². The highest BCUT2D eigenvalue weighted by Crippen LogP contribution is 2.15. The third-order valence-corrected chi connectivity index (χ3v) is 1.70. The largest absolute Gasteiger partial charge is 0.508 e. The molecule has 0 aliphatic rings. The second-order valence-electron chi connectivity index (χ2n) is 2.88. The van der Waals surface area contributed by atoms with Crippen molar-refractivity contribution in [2.24, 2.45) is 0 Å². The van der Waals surface area contributed by atoms with Crippen molar-refractivity contribution in [3.05, 3.63) is 29.3 Å². The molecule has 0 aromatic heterocycles. The third-order valence-electron chi connectivity index (χ3n) is 1.70. The fourth-order valence-corrected chi connectivity index (χ4v) is 1.12. The van der Waals surface area contributed by atoms with E-state index in [-0.39, 0.29) is 18.0 Å². The Bertz CT molecular complexity index is 342. The number of hydrogen-bond donors (Lipinski definition) is 1. The quantitative estimate of drug-likeness (QED) is 0.710. The number of rotatable bonds is 3. The van der Waals surface area contributed by atoms with E-state index in [1.54, 1.807) is 6.07 Å². The van der Waals surface area contributed by atoms with Gasteiger partial charge in [-0.15, -0.1) is 0 Å². The van der Waals surface area contributed by atoms with E-state index in [1.165, 1.54) is 19.1 Å². The molecule has 68 valence electrons. The molecule has 1 aromatic rings. The molecule has 0 amide bonds. The van der Waals surface area contributed by atoms with Crippen molar-refractivity contribution < 1.29 is 14.7 Å². The lowest BCUT2D eigenvalue weighted by molar-refractivity contribution is -0.116. The zero-order valence-corrected chi connectivity index (χ0v) is 7.28. The summed E-state index contributed by atoms with van der Waals surface area (Å²) in [5, 5.41) is 9.06. The number of hydrogen-bond acceptors (Lipinski definition) is 3. The van der Waals surface area contributed by atoms with Gasteiger partial charge in [0, 0.05) is 12.0 Å². The molecule has 0 spiro atoms. The van der Waals surface area contributed by atoms with Gasteiger partial charge in [-0.1, -0.05) is 6.07 Å². The van der Waals surface area contributed by atoms with Crippen LogP contribution in [0.5, 0.6) is 5.75 Å². The molecule has 0 heterocycles. The molecule has 3 nitrogen and oxygen atoms in total. The molecule has 3 heteroatoms. The first-order chi connectivity index (χ1) is 6.13. The highest BCUT2D eigenvalue weighted by molar-refractivity contribution is 5.84. The summed E-state index contributed by atoms with van der Waals surface area (Å²) < 4.78 is 0. The summed E-state index contributed by atoms with van der Waals surface area (Å²) in [5.74, 6) is 0.0307. The van der Waals surface area contributed by atoms with Crippen LogP contribution in [0.2, 0.25) is 0 Å². The molecule has 1 aromatic carbocycles. The van der Waals surface area contributed by atoms with E-state index in [1.807, 2.05) is 0 Å². The lowest BCUT2D eigenvalue weighted by Gasteiger charge is -2.02. The van der Waals surface area contributed by atoms with Gasteiger partial charge in [0.2, 0.25) is 0 Å². The molecule has 0 aliphatic carbocycles. The molecule has 0 unspecified atom stereocenters. The van der Waals surface area contributed by atoms with E-state index in [9.17, 15) is 9.59 Å². The van der Waals surface area contributed by atoms with E-state index in [2.05, 4.69) is 0 Å². The second kappa shape index (κ2) is 3.85. The van der Waals surface area contributed by atoms with Crippen LogP contribution >= 0.6 is 0 Å². The number of carbonyl (C=O) groups is 2.